The van der Waals surface area contributed by atoms with E-state index in [0.717, 1.165) is 13.0 Å². The van der Waals surface area contributed by atoms with Gasteiger partial charge in [-0.1, -0.05) is 13.8 Å². The normalized spacial score (nSPS) is 12.5. The maximum absolute atomic E-state index is 5.64. The standard InChI is InChI=1S/C9H22N2O/c1-8(2)5-6-12-9(3,4)7-11-10/h8,11H,5-7,10H2,1-4H3. The van der Waals surface area contributed by atoms with Crippen LogP contribution in [0.5, 0.6) is 0 Å². The van der Waals surface area contributed by atoms with E-state index in [0.29, 0.717) is 12.5 Å². The molecular weight excluding hydrogens is 152 g/mol. The minimum atomic E-state index is -0.149. The molecule has 0 aromatic rings. The maximum Gasteiger partial charge on any atom is 0.0764 e. The van der Waals surface area contributed by atoms with Crippen molar-refractivity contribution in [3.63, 3.8) is 0 Å². The Labute approximate surface area is 75.6 Å². The third kappa shape index (κ3) is 6.58. The molecule has 0 atom stereocenters. The second-order valence-corrected chi connectivity index (χ2v) is 4.17. The van der Waals surface area contributed by atoms with E-state index in [-0.39, 0.29) is 5.60 Å². The van der Waals surface area contributed by atoms with Gasteiger partial charge in [-0.3, -0.25) is 11.3 Å². The molecule has 0 spiro atoms. The molecule has 0 aromatic carbocycles. The Morgan fingerprint density at radius 3 is 2.42 bits per heavy atom. The van der Waals surface area contributed by atoms with E-state index in [9.17, 15) is 0 Å². The van der Waals surface area contributed by atoms with E-state index in [1.54, 1.807) is 0 Å². The summed E-state index contributed by atoms with van der Waals surface area (Å²) in [5.74, 6) is 5.92. The Balaban J connectivity index is 3.46. The summed E-state index contributed by atoms with van der Waals surface area (Å²) in [6.07, 6.45) is 1.11. The molecule has 3 nitrogen and oxygen atoms in total. The van der Waals surface area contributed by atoms with Gasteiger partial charge in [0.05, 0.1) is 5.60 Å². The third-order valence-electron chi connectivity index (χ3n) is 1.72. The lowest BCUT2D eigenvalue weighted by Gasteiger charge is -2.25. The Bertz CT molecular complexity index is 113. The molecule has 0 rings (SSSR count). The van der Waals surface area contributed by atoms with E-state index in [1.807, 2.05) is 13.8 Å². The van der Waals surface area contributed by atoms with Crippen LogP contribution in [0.4, 0.5) is 0 Å². The van der Waals surface area contributed by atoms with Crippen LogP contribution < -0.4 is 11.3 Å². The first-order valence-electron chi connectivity index (χ1n) is 4.55. The van der Waals surface area contributed by atoms with Gasteiger partial charge in [0.15, 0.2) is 0 Å². The molecule has 0 saturated carbocycles. The first kappa shape index (κ1) is 11.9. The highest BCUT2D eigenvalue weighted by Gasteiger charge is 2.16. The Morgan fingerprint density at radius 1 is 1.42 bits per heavy atom. The first-order valence-corrected chi connectivity index (χ1v) is 4.55. The van der Waals surface area contributed by atoms with Gasteiger partial charge in [-0.05, 0) is 26.2 Å². The lowest BCUT2D eigenvalue weighted by Crippen LogP contribution is -2.41. The molecule has 0 aromatic heterocycles. The van der Waals surface area contributed by atoms with E-state index in [1.165, 1.54) is 0 Å². The van der Waals surface area contributed by atoms with Crippen molar-refractivity contribution in [2.75, 3.05) is 13.2 Å². The van der Waals surface area contributed by atoms with Crippen LogP contribution in [-0.2, 0) is 4.74 Å². The lowest BCUT2D eigenvalue weighted by molar-refractivity contribution is -0.0206. The van der Waals surface area contributed by atoms with E-state index >= 15 is 0 Å². The van der Waals surface area contributed by atoms with Crippen LogP contribution in [0.2, 0.25) is 0 Å². The van der Waals surface area contributed by atoms with Crippen LogP contribution in [0.3, 0.4) is 0 Å². The molecule has 3 N–H and O–H groups in total. The largest absolute Gasteiger partial charge is 0.374 e. The third-order valence-corrected chi connectivity index (χ3v) is 1.72. The van der Waals surface area contributed by atoms with Crippen LogP contribution in [0, 0.1) is 5.92 Å². The molecule has 0 amide bonds. The molecule has 0 aliphatic carbocycles. The van der Waals surface area contributed by atoms with Gasteiger partial charge in [-0.25, -0.2) is 0 Å². The molecule has 0 fully saturated rings. The zero-order valence-electron chi connectivity index (χ0n) is 8.68. The smallest absolute Gasteiger partial charge is 0.0764 e. The summed E-state index contributed by atoms with van der Waals surface area (Å²) in [5, 5.41) is 0. The summed E-state index contributed by atoms with van der Waals surface area (Å²) in [4.78, 5) is 0. The lowest BCUT2D eigenvalue weighted by atomic mass is 10.1. The molecule has 74 valence electrons. The summed E-state index contributed by atoms with van der Waals surface area (Å²) in [7, 11) is 0. The highest BCUT2D eigenvalue weighted by Crippen LogP contribution is 2.09. The number of hydrogen-bond acceptors (Lipinski definition) is 3. The van der Waals surface area contributed by atoms with Crippen molar-refractivity contribution in [1.82, 2.24) is 5.43 Å². The zero-order chi connectivity index (χ0) is 9.61. The van der Waals surface area contributed by atoms with Crippen LogP contribution in [-0.4, -0.2) is 18.8 Å². The van der Waals surface area contributed by atoms with Crippen molar-refractivity contribution in [3.8, 4) is 0 Å². The molecule has 12 heavy (non-hydrogen) atoms. The fourth-order valence-electron chi connectivity index (χ4n) is 0.868. The van der Waals surface area contributed by atoms with Crippen molar-refractivity contribution < 1.29 is 4.74 Å². The predicted octanol–water partition coefficient (Wildman–Crippen LogP) is 1.29. The SMILES string of the molecule is CC(C)CCOC(C)(C)CNN. The van der Waals surface area contributed by atoms with Crippen molar-refractivity contribution in [1.29, 1.82) is 0 Å². The highest BCUT2D eigenvalue weighted by atomic mass is 16.5. The van der Waals surface area contributed by atoms with E-state index in [4.69, 9.17) is 10.6 Å². The monoisotopic (exact) mass is 174 g/mol. The molecule has 0 aliphatic rings. The summed E-state index contributed by atoms with van der Waals surface area (Å²) >= 11 is 0. The molecule has 0 radical (unpaired) electrons. The number of nitrogens with one attached hydrogen (secondary N) is 1. The average molecular weight is 174 g/mol. The summed E-state index contributed by atoms with van der Waals surface area (Å²) in [5.41, 5.74) is 2.47. The van der Waals surface area contributed by atoms with E-state index < -0.39 is 0 Å². The van der Waals surface area contributed by atoms with Gasteiger partial charge in [0.25, 0.3) is 0 Å². The van der Waals surface area contributed by atoms with Crippen molar-refractivity contribution in [2.45, 2.75) is 39.7 Å². The molecule has 0 aliphatic heterocycles. The Morgan fingerprint density at radius 2 is 2.00 bits per heavy atom. The Hall–Kier alpha value is -0.120. The molecule has 0 bridgehead atoms. The molecular formula is C9H22N2O. The number of ether oxygens (including phenoxy) is 1. The maximum atomic E-state index is 5.64. The number of rotatable bonds is 6. The van der Waals surface area contributed by atoms with Crippen LogP contribution >= 0.6 is 0 Å². The summed E-state index contributed by atoms with van der Waals surface area (Å²) < 4.78 is 5.64. The summed E-state index contributed by atoms with van der Waals surface area (Å²) in [6.45, 7) is 9.95. The highest BCUT2D eigenvalue weighted by molar-refractivity contribution is 4.69. The van der Waals surface area contributed by atoms with Crippen LogP contribution in [0.15, 0.2) is 0 Å². The van der Waals surface area contributed by atoms with Gasteiger partial charge in [0.1, 0.15) is 0 Å². The van der Waals surface area contributed by atoms with E-state index in [2.05, 4.69) is 19.3 Å². The molecule has 0 unspecified atom stereocenters. The topological polar surface area (TPSA) is 47.3 Å². The fourth-order valence-corrected chi connectivity index (χ4v) is 0.868. The second-order valence-electron chi connectivity index (χ2n) is 4.17. The molecule has 0 saturated heterocycles. The van der Waals surface area contributed by atoms with Crippen molar-refractivity contribution in [3.05, 3.63) is 0 Å². The molecule has 0 heterocycles. The van der Waals surface area contributed by atoms with Gasteiger partial charge >= 0.3 is 0 Å². The first-order chi connectivity index (χ1) is 5.48. The van der Waals surface area contributed by atoms with Gasteiger partial charge in [-0.15, -0.1) is 0 Å². The number of hydrazine groups is 1. The van der Waals surface area contributed by atoms with Gasteiger partial charge < -0.3 is 4.74 Å². The van der Waals surface area contributed by atoms with Gasteiger partial charge in [0.2, 0.25) is 0 Å². The second kappa shape index (κ2) is 5.51. The van der Waals surface area contributed by atoms with Gasteiger partial charge in [0, 0.05) is 13.2 Å². The predicted molar refractivity (Wildman–Crippen MR) is 51.7 cm³/mol. The van der Waals surface area contributed by atoms with Crippen molar-refractivity contribution >= 4 is 0 Å². The summed E-state index contributed by atoms with van der Waals surface area (Å²) in [6, 6.07) is 0. The number of nitrogens with two attached hydrogens (primary N) is 1. The zero-order valence-corrected chi connectivity index (χ0v) is 8.68. The number of hydrogen-bond donors (Lipinski definition) is 2. The van der Waals surface area contributed by atoms with Crippen LogP contribution in [0.25, 0.3) is 0 Å². The van der Waals surface area contributed by atoms with Crippen molar-refractivity contribution in [2.24, 2.45) is 11.8 Å². The van der Waals surface area contributed by atoms with Crippen LogP contribution in [0.1, 0.15) is 34.1 Å². The Kier molecular flexibility index (Phi) is 5.46. The fraction of sp³-hybridized carbons (Fsp3) is 1.00. The minimum absolute atomic E-state index is 0.149. The van der Waals surface area contributed by atoms with Gasteiger partial charge in [-0.2, -0.15) is 0 Å². The quantitative estimate of drug-likeness (QED) is 0.471. The molecule has 3 heteroatoms. The average Bonchev–Trinajstić information content (AvgIpc) is 1.85. The minimum Gasteiger partial charge on any atom is -0.374 e.